The van der Waals surface area contributed by atoms with Gasteiger partial charge in [0.15, 0.2) is 5.16 Å². The molecule has 1 N–H and O–H groups in total. The van der Waals surface area contributed by atoms with Gasteiger partial charge < -0.3 is 0 Å². The number of nitrogens with zero attached hydrogens (tertiary/aromatic N) is 2. The summed E-state index contributed by atoms with van der Waals surface area (Å²) in [5.74, 6) is 0.230. The Morgan fingerprint density at radius 2 is 2.19 bits per heavy atom. The second kappa shape index (κ2) is 6.11. The molecule has 1 aliphatic rings. The van der Waals surface area contributed by atoms with Crippen molar-refractivity contribution in [3.63, 3.8) is 0 Å². The number of aromatic nitrogens is 2. The summed E-state index contributed by atoms with van der Waals surface area (Å²) < 4.78 is 1.51. The van der Waals surface area contributed by atoms with Gasteiger partial charge >= 0.3 is 0 Å². The molecule has 1 aliphatic heterocycles. The molecule has 0 saturated carbocycles. The van der Waals surface area contributed by atoms with Crippen molar-refractivity contribution in [2.45, 2.75) is 18.3 Å². The van der Waals surface area contributed by atoms with Crippen LogP contribution in [0.3, 0.4) is 0 Å². The molecule has 0 saturated heterocycles. The number of fused-ring (bicyclic) bond motifs is 1. The van der Waals surface area contributed by atoms with E-state index in [-0.39, 0.29) is 17.7 Å². The first-order valence-corrected chi connectivity index (χ1v) is 7.43. The van der Waals surface area contributed by atoms with Gasteiger partial charge in [-0.05, 0) is 5.56 Å². The predicted molar refractivity (Wildman–Crippen MR) is 77.9 cm³/mol. The summed E-state index contributed by atoms with van der Waals surface area (Å²) in [5.41, 5.74) is 2.88. The number of hydrogen-bond acceptors (Lipinski definition) is 5. The quantitative estimate of drug-likeness (QED) is 0.679. The molecule has 2 heterocycles. The Labute approximate surface area is 125 Å². The van der Waals surface area contributed by atoms with Gasteiger partial charge in [-0.1, -0.05) is 42.1 Å². The monoisotopic (exact) mass is 303 g/mol. The van der Waals surface area contributed by atoms with E-state index in [1.54, 1.807) is 0 Å². The lowest BCUT2D eigenvalue weighted by Gasteiger charge is -2.07. The van der Waals surface area contributed by atoms with E-state index in [4.69, 9.17) is 4.84 Å². The van der Waals surface area contributed by atoms with Gasteiger partial charge in [-0.15, -0.1) is 0 Å². The first-order chi connectivity index (χ1) is 10.3. The third-order valence-electron chi connectivity index (χ3n) is 3.05. The van der Waals surface area contributed by atoms with Gasteiger partial charge in [-0.3, -0.25) is 19.0 Å². The predicted octanol–water partition coefficient (Wildman–Crippen LogP) is 1.21. The maximum Gasteiger partial charge on any atom is 0.282 e. The van der Waals surface area contributed by atoms with Crippen LogP contribution in [-0.2, 0) is 18.0 Å². The molecule has 108 valence electrons. The molecule has 0 aliphatic carbocycles. The summed E-state index contributed by atoms with van der Waals surface area (Å²) in [6.45, 7) is 0.819. The topological polar surface area (TPSA) is 73.2 Å². The van der Waals surface area contributed by atoms with Crippen molar-refractivity contribution in [1.82, 2.24) is 15.0 Å². The number of hydrogen-bond donors (Lipinski definition) is 1. The lowest BCUT2D eigenvalue weighted by molar-refractivity contribution is 0.0231. The van der Waals surface area contributed by atoms with Gasteiger partial charge in [-0.2, -0.15) is 0 Å². The van der Waals surface area contributed by atoms with Crippen molar-refractivity contribution >= 4 is 17.7 Å². The number of benzene rings is 1. The van der Waals surface area contributed by atoms with E-state index >= 15 is 0 Å². The zero-order valence-corrected chi connectivity index (χ0v) is 11.9. The summed E-state index contributed by atoms with van der Waals surface area (Å²) in [6, 6.07) is 9.44. The van der Waals surface area contributed by atoms with Crippen molar-refractivity contribution in [2.24, 2.45) is 0 Å². The average molecular weight is 303 g/mol. The lowest BCUT2D eigenvalue weighted by Crippen LogP contribution is -2.33. The van der Waals surface area contributed by atoms with Gasteiger partial charge in [0, 0.05) is 18.5 Å². The number of nitrogens with one attached hydrogen (secondary N) is 1. The van der Waals surface area contributed by atoms with Crippen LogP contribution >= 0.6 is 11.8 Å². The molecule has 2 aromatic rings. The van der Waals surface area contributed by atoms with Gasteiger partial charge in [0.1, 0.15) is 5.56 Å². The minimum absolute atomic E-state index is 0.00527. The van der Waals surface area contributed by atoms with Gasteiger partial charge in [0.2, 0.25) is 0 Å². The standard InChI is InChI=1S/C14H13N3O3S/c18-12(16-20-9-10-4-2-1-3-5-10)11-8-15-14-17(13(11)19)6-7-21-14/h1-5,8H,6-7,9H2,(H,16,18). The molecule has 0 unspecified atom stereocenters. The third-order valence-corrected chi connectivity index (χ3v) is 4.02. The van der Waals surface area contributed by atoms with Crippen LogP contribution in [0.25, 0.3) is 0 Å². The molecule has 21 heavy (non-hydrogen) atoms. The van der Waals surface area contributed by atoms with Crippen LogP contribution < -0.4 is 11.0 Å². The highest BCUT2D eigenvalue weighted by molar-refractivity contribution is 7.99. The van der Waals surface area contributed by atoms with Gasteiger partial charge in [0.05, 0.1) is 6.61 Å². The first kappa shape index (κ1) is 13.8. The Hall–Kier alpha value is -2.12. The lowest BCUT2D eigenvalue weighted by atomic mass is 10.2. The highest BCUT2D eigenvalue weighted by Crippen LogP contribution is 2.20. The summed E-state index contributed by atoms with van der Waals surface area (Å²) in [6.07, 6.45) is 1.30. The molecule has 6 nitrogen and oxygen atoms in total. The summed E-state index contributed by atoms with van der Waals surface area (Å²) in [7, 11) is 0. The van der Waals surface area contributed by atoms with E-state index in [1.165, 1.54) is 22.5 Å². The van der Waals surface area contributed by atoms with Crippen molar-refractivity contribution in [1.29, 1.82) is 0 Å². The van der Waals surface area contributed by atoms with E-state index < -0.39 is 5.91 Å². The Bertz CT molecular complexity index is 715. The van der Waals surface area contributed by atoms with E-state index in [0.29, 0.717) is 11.7 Å². The highest BCUT2D eigenvalue weighted by atomic mass is 32.2. The summed E-state index contributed by atoms with van der Waals surface area (Å²) in [5, 5.41) is 0.654. The SMILES string of the molecule is O=C(NOCc1ccccc1)c1cnc2n(c1=O)CCS2. The fraction of sp³-hybridized carbons (Fsp3) is 0.214. The highest BCUT2D eigenvalue weighted by Gasteiger charge is 2.19. The molecule has 0 radical (unpaired) electrons. The average Bonchev–Trinajstić information content (AvgIpc) is 2.98. The van der Waals surface area contributed by atoms with Crippen LogP contribution in [0.2, 0.25) is 0 Å². The number of carbonyl (C=O) groups is 1. The van der Waals surface area contributed by atoms with Crippen LogP contribution in [0.15, 0.2) is 46.5 Å². The number of hydroxylamine groups is 1. The van der Waals surface area contributed by atoms with Crippen molar-refractivity contribution in [2.75, 3.05) is 5.75 Å². The number of thioether (sulfide) groups is 1. The Kier molecular flexibility index (Phi) is 4.03. The number of amides is 1. The molecule has 0 atom stereocenters. The maximum absolute atomic E-state index is 12.1. The zero-order valence-electron chi connectivity index (χ0n) is 11.1. The Morgan fingerprint density at radius 3 is 3.00 bits per heavy atom. The van der Waals surface area contributed by atoms with E-state index in [1.807, 2.05) is 30.3 Å². The van der Waals surface area contributed by atoms with Gasteiger partial charge in [-0.25, -0.2) is 10.5 Å². The molecule has 0 spiro atoms. The van der Waals surface area contributed by atoms with Gasteiger partial charge in [0.25, 0.3) is 11.5 Å². The van der Waals surface area contributed by atoms with Crippen LogP contribution in [0.4, 0.5) is 0 Å². The van der Waals surface area contributed by atoms with E-state index in [2.05, 4.69) is 10.5 Å². The Balaban J connectivity index is 1.65. The fourth-order valence-electron chi connectivity index (χ4n) is 1.99. The minimum atomic E-state index is -0.573. The largest absolute Gasteiger partial charge is 0.286 e. The summed E-state index contributed by atoms with van der Waals surface area (Å²) in [4.78, 5) is 33.3. The van der Waals surface area contributed by atoms with Crippen LogP contribution in [-0.4, -0.2) is 21.2 Å². The van der Waals surface area contributed by atoms with Crippen molar-refractivity contribution in [3.8, 4) is 0 Å². The Morgan fingerprint density at radius 1 is 1.38 bits per heavy atom. The molecule has 3 rings (SSSR count). The molecule has 0 bridgehead atoms. The number of carbonyl (C=O) groups excluding carboxylic acids is 1. The van der Waals surface area contributed by atoms with Crippen molar-refractivity contribution in [3.05, 3.63) is 58.0 Å². The zero-order chi connectivity index (χ0) is 14.7. The van der Waals surface area contributed by atoms with Crippen molar-refractivity contribution < 1.29 is 9.63 Å². The van der Waals surface area contributed by atoms with E-state index in [9.17, 15) is 9.59 Å². The molecule has 0 fully saturated rings. The maximum atomic E-state index is 12.1. The van der Waals surface area contributed by atoms with E-state index in [0.717, 1.165) is 11.3 Å². The van der Waals surface area contributed by atoms with Crippen LogP contribution in [0.1, 0.15) is 15.9 Å². The first-order valence-electron chi connectivity index (χ1n) is 6.44. The fourth-order valence-corrected chi connectivity index (χ4v) is 2.90. The second-order valence-electron chi connectivity index (χ2n) is 4.47. The van der Waals surface area contributed by atoms with Crippen LogP contribution in [0, 0.1) is 0 Å². The summed E-state index contributed by atoms with van der Waals surface area (Å²) >= 11 is 1.51. The second-order valence-corrected chi connectivity index (χ2v) is 5.53. The molecule has 7 heteroatoms. The smallest absolute Gasteiger partial charge is 0.282 e. The van der Waals surface area contributed by atoms with Crippen LogP contribution in [0.5, 0.6) is 0 Å². The molecular formula is C14H13N3O3S. The minimum Gasteiger partial charge on any atom is -0.286 e. The normalized spacial score (nSPS) is 13.0. The molecule has 1 aromatic carbocycles. The third kappa shape index (κ3) is 2.98. The number of rotatable bonds is 4. The molecular weight excluding hydrogens is 290 g/mol. The molecule has 1 aromatic heterocycles. The molecule has 1 amide bonds.